The number of thioether (sulfide) groups is 1. The van der Waals surface area contributed by atoms with E-state index in [1.165, 1.54) is 18.6 Å². The van der Waals surface area contributed by atoms with Crippen LogP contribution in [-0.4, -0.2) is 20.8 Å². The first-order valence-corrected chi connectivity index (χ1v) is 5.49. The zero-order chi connectivity index (χ0) is 9.10. The summed E-state index contributed by atoms with van der Waals surface area (Å²) in [5, 5.41) is 9.36. The third-order valence-corrected chi connectivity index (χ3v) is 3.48. The van der Waals surface area contributed by atoms with E-state index in [-0.39, 0.29) is 6.61 Å². The van der Waals surface area contributed by atoms with E-state index < -0.39 is 0 Å². The quantitative estimate of drug-likeness (QED) is 0.779. The zero-order valence-corrected chi connectivity index (χ0v) is 8.13. The number of aliphatic hydroxyl groups excluding tert-OH is 1. The molecule has 1 aromatic rings. The lowest BCUT2D eigenvalue weighted by atomic mass is 10.2. The standard InChI is InChI=1S/C9H12N2OS/c12-6-7-3-4-10-9(11-7)8-2-1-5-13-8/h3-4,8,12H,1-2,5-6H2. The minimum atomic E-state index is 0.00685. The van der Waals surface area contributed by atoms with E-state index in [1.54, 1.807) is 12.3 Å². The van der Waals surface area contributed by atoms with Crippen molar-refractivity contribution in [2.45, 2.75) is 24.7 Å². The molecule has 4 heteroatoms. The fourth-order valence-electron chi connectivity index (χ4n) is 1.44. The molecule has 1 N–H and O–H groups in total. The Kier molecular flexibility index (Phi) is 2.80. The summed E-state index contributed by atoms with van der Waals surface area (Å²) in [6.07, 6.45) is 4.15. The summed E-state index contributed by atoms with van der Waals surface area (Å²) in [4.78, 5) is 8.52. The van der Waals surface area contributed by atoms with E-state index >= 15 is 0 Å². The molecule has 1 aliphatic heterocycles. The van der Waals surface area contributed by atoms with Gasteiger partial charge in [-0.3, -0.25) is 0 Å². The van der Waals surface area contributed by atoms with Gasteiger partial charge in [-0.2, -0.15) is 11.8 Å². The molecule has 0 bridgehead atoms. The van der Waals surface area contributed by atoms with Crippen LogP contribution >= 0.6 is 11.8 Å². The number of aromatic nitrogens is 2. The van der Waals surface area contributed by atoms with Crippen molar-refractivity contribution in [3.8, 4) is 0 Å². The summed E-state index contributed by atoms with van der Waals surface area (Å²) in [6.45, 7) is 0.00685. The van der Waals surface area contributed by atoms with Gasteiger partial charge in [0.1, 0.15) is 5.82 Å². The summed E-state index contributed by atoms with van der Waals surface area (Å²) in [5.74, 6) is 2.09. The molecule has 1 atom stereocenters. The highest BCUT2D eigenvalue weighted by molar-refractivity contribution is 7.99. The second kappa shape index (κ2) is 4.07. The first-order valence-electron chi connectivity index (χ1n) is 4.44. The van der Waals surface area contributed by atoms with Crippen LogP contribution in [0.4, 0.5) is 0 Å². The Morgan fingerprint density at radius 3 is 3.23 bits per heavy atom. The molecule has 1 saturated heterocycles. The third-order valence-electron chi connectivity index (χ3n) is 2.11. The van der Waals surface area contributed by atoms with Gasteiger partial charge in [-0.1, -0.05) is 0 Å². The van der Waals surface area contributed by atoms with Gasteiger partial charge < -0.3 is 5.11 Å². The highest BCUT2D eigenvalue weighted by Crippen LogP contribution is 2.37. The van der Waals surface area contributed by atoms with Gasteiger partial charge in [0.2, 0.25) is 0 Å². The van der Waals surface area contributed by atoms with E-state index in [1.807, 2.05) is 11.8 Å². The number of hydrogen-bond acceptors (Lipinski definition) is 4. The van der Waals surface area contributed by atoms with Crippen LogP contribution in [0.2, 0.25) is 0 Å². The predicted molar refractivity (Wildman–Crippen MR) is 52.4 cm³/mol. The van der Waals surface area contributed by atoms with Gasteiger partial charge in [-0.05, 0) is 24.7 Å². The van der Waals surface area contributed by atoms with Crippen LogP contribution in [0.25, 0.3) is 0 Å². The van der Waals surface area contributed by atoms with Crippen molar-refractivity contribution >= 4 is 11.8 Å². The fourth-order valence-corrected chi connectivity index (χ4v) is 2.65. The molecule has 1 unspecified atom stereocenters. The topological polar surface area (TPSA) is 46.0 Å². The molecule has 0 aliphatic carbocycles. The van der Waals surface area contributed by atoms with Crippen LogP contribution in [-0.2, 0) is 6.61 Å². The summed E-state index contributed by atoms with van der Waals surface area (Å²) < 4.78 is 0. The van der Waals surface area contributed by atoms with Gasteiger partial charge in [0.05, 0.1) is 17.6 Å². The van der Waals surface area contributed by atoms with Crippen LogP contribution in [0, 0.1) is 0 Å². The monoisotopic (exact) mass is 196 g/mol. The molecule has 3 nitrogen and oxygen atoms in total. The summed E-state index contributed by atoms with van der Waals surface area (Å²) in [6, 6.07) is 1.75. The first kappa shape index (κ1) is 8.97. The molecule has 1 fully saturated rings. The lowest BCUT2D eigenvalue weighted by Gasteiger charge is -2.06. The Bertz CT molecular complexity index is 287. The van der Waals surface area contributed by atoms with E-state index in [9.17, 15) is 0 Å². The summed E-state index contributed by atoms with van der Waals surface area (Å²) >= 11 is 1.91. The Morgan fingerprint density at radius 1 is 1.62 bits per heavy atom. The van der Waals surface area contributed by atoms with Crippen LogP contribution in [0.15, 0.2) is 12.3 Å². The summed E-state index contributed by atoms with van der Waals surface area (Å²) in [7, 11) is 0. The van der Waals surface area contributed by atoms with Crippen LogP contribution < -0.4 is 0 Å². The first-order chi connectivity index (χ1) is 6.40. The normalized spacial score (nSPS) is 22.1. The predicted octanol–water partition coefficient (Wildman–Crippen LogP) is 1.54. The highest BCUT2D eigenvalue weighted by atomic mass is 32.2. The Morgan fingerprint density at radius 2 is 2.54 bits per heavy atom. The molecule has 2 rings (SSSR count). The average Bonchev–Trinajstić information content (AvgIpc) is 2.71. The fraction of sp³-hybridized carbons (Fsp3) is 0.556. The van der Waals surface area contributed by atoms with Crippen molar-refractivity contribution in [2.24, 2.45) is 0 Å². The lowest BCUT2D eigenvalue weighted by Crippen LogP contribution is -2.00. The van der Waals surface area contributed by atoms with Crippen molar-refractivity contribution in [3.05, 3.63) is 23.8 Å². The van der Waals surface area contributed by atoms with Crippen molar-refractivity contribution in [1.29, 1.82) is 0 Å². The molecule has 0 spiro atoms. The molecule has 70 valence electrons. The molecular weight excluding hydrogens is 184 g/mol. The maximum Gasteiger partial charge on any atom is 0.141 e. The molecular formula is C9H12N2OS. The molecule has 0 amide bonds. The Balaban J connectivity index is 2.18. The summed E-state index contributed by atoms with van der Waals surface area (Å²) in [5.41, 5.74) is 0.720. The minimum Gasteiger partial charge on any atom is -0.390 e. The molecule has 13 heavy (non-hydrogen) atoms. The van der Waals surface area contributed by atoms with Gasteiger partial charge in [0.15, 0.2) is 0 Å². The number of rotatable bonds is 2. The van der Waals surface area contributed by atoms with Gasteiger partial charge >= 0.3 is 0 Å². The SMILES string of the molecule is OCc1ccnc(C2CCCS2)n1. The van der Waals surface area contributed by atoms with Crippen molar-refractivity contribution in [3.63, 3.8) is 0 Å². The van der Waals surface area contributed by atoms with Gasteiger partial charge in [-0.15, -0.1) is 0 Å². The van der Waals surface area contributed by atoms with Crippen molar-refractivity contribution < 1.29 is 5.11 Å². The largest absolute Gasteiger partial charge is 0.390 e. The van der Waals surface area contributed by atoms with Crippen LogP contribution in [0.5, 0.6) is 0 Å². The molecule has 0 aromatic carbocycles. The number of nitrogens with zero attached hydrogens (tertiary/aromatic N) is 2. The zero-order valence-electron chi connectivity index (χ0n) is 7.31. The van der Waals surface area contributed by atoms with Crippen molar-refractivity contribution in [1.82, 2.24) is 9.97 Å². The van der Waals surface area contributed by atoms with Gasteiger partial charge in [0.25, 0.3) is 0 Å². The van der Waals surface area contributed by atoms with Crippen LogP contribution in [0.3, 0.4) is 0 Å². The third kappa shape index (κ3) is 2.00. The van der Waals surface area contributed by atoms with E-state index in [0.29, 0.717) is 5.25 Å². The maximum atomic E-state index is 8.91. The van der Waals surface area contributed by atoms with Gasteiger partial charge in [0, 0.05) is 6.20 Å². The lowest BCUT2D eigenvalue weighted by molar-refractivity contribution is 0.276. The molecule has 0 saturated carbocycles. The Hall–Kier alpha value is -0.610. The Labute approximate surface area is 81.6 Å². The number of aliphatic hydroxyl groups is 1. The van der Waals surface area contributed by atoms with E-state index in [4.69, 9.17) is 5.11 Å². The second-order valence-corrected chi connectivity index (χ2v) is 4.38. The second-order valence-electron chi connectivity index (χ2n) is 3.07. The smallest absolute Gasteiger partial charge is 0.141 e. The molecule has 0 radical (unpaired) electrons. The average molecular weight is 196 g/mol. The van der Waals surface area contributed by atoms with E-state index in [2.05, 4.69) is 9.97 Å². The van der Waals surface area contributed by atoms with Crippen molar-refractivity contribution in [2.75, 3.05) is 5.75 Å². The van der Waals surface area contributed by atoms with E-state index in [0.717, 1.165) is 11.5 Å². The highest BCUT2D eigenvalue weighted by Gasteiger charge is 2.20. The maximum absolute atomic E-state index is 8.91. The molecule has 1 aromatic heterocycles. The van der Waals surface area contributed by atoms with Gasteiger partial charge in [-0.25, -0.2) is 9.97 Å². The molecule has 2 heterocycles. The molecule has 1 aliphatic rings. The minimum absolute atomic E-state index is 0.00685. The van der Waals surface area contributed by atoms with Crippen LogP contribution in [0.1, 0.15) is 29.6 Å². The number of hydrogen-bond donors (Lipinski definition) is 1.